The van der Waals surface area contributed by atoms with Crippen molar-refractivity contribution in [1.82, 2.24) is 9.88 Å². The number of alkyl halides is 3. The number of halogens is 3. The number of nitrogens with zero attached hydrogens (tertiary/aromatic N) is 2. The van der Waals surface area contributed by atoms with Crippen LogP contribution in [0.15, 0.2) is 42.5 Å². The summed E-state index contributed by atoms with van der Waals surface area (Å²) in [6.07, 6.45) is 2.56. The van der Waals surface area contributed by atoms with E-state index in [-0.39, 0.29) is 30.5 Å². The third-order valence-electron chi connectivity index (χ3n) is 8.24. The van der Waals surface area contributed by atoms with Gasteiger partial charge in [0.25, 0.3) is 0 Å². The van der Waals surface area contributed by atoms with E-state index < -0.39 is 41.1 Å². The minimum absolute atomic E-state index is 0.0666. The number of aryl methyl sites for hydroxylation is 1. The highest BCUT2D eigenvalue weighted by Crippen LogP contribution is 2.49. The number of pyridine rings is 1. The van der Waals surface area contributed by atoms with E-state index in [1.807, 2.05) is 30.3 Å². The average molecular weight is 547 g/mol. The zero-order chi connectivity index (χ0) is 28.2. The SMILES string of the molecule is CCCCC1(C(=O)N2C(C(=O)O)CC(COc3cc(C(F)(F)F)cc(C)n3)C2c2ccccc2)CCCCC1. The summed E-state index contributed by atoms with van der Waals surface area (Å²) in [6.45, 7) is 3.48. The molecule has 1 amide bonds. The van der Waals surface area contributed by atoms with Crippen LogP contribution in [0.1, 0.15) is 87.6 Å². The monoisotopic (exact) mass is 546 g/mol. The summed E-state index contributed by atoms with van der Waals surface area (Å²) in [4.78, 5) is 32.7. The summed E-state index contributed by atoms with van der Waals surface area (Å²) < 4.78 is 45.9. The Kier molecular flexibility index (Phi) is 8.86. The third-order valence-corrected chi connectivity index (χ3v) is 8.24. The number of hydrogen-bond donors (Lipinski definition) is 1. The lowest BCUT2D eigenvalue weighted by Gasteiger charge is -2.42. The van der Waals surface area contributed by atoms with Crippen molar-refractivity contribution in [3.05, 3.63) is 59.3 Å². The number of aliphatic carboxylic acids is 1. The lowest BCUT2D eigenvalue weighted by molar-refractivity contribution is -0.157. The maximum absolute atomic E-state index is 14.4. The number of carboxylic acid groups (broad SMARTS) is 1. The van der Waals surface area contributed by atoms with Crippen molar-refractivity contribution in [1.29, 1.82) is 0 Å². The van der Waals surface area contributed by atoms with Crippen molar-refractivity contribution in [2.24, 2.45) is 11.3 Å². The first-order valence-corrected chi connectivity index (χ1v) is 13.8. The largest absolute Gasteiger partial charge is 0.480 e. The Hall–Kier alpha value is -3.10. The Bertz CT molecular complexity index is 1150. The zero-order valence-corrected chi connectivity index (χ0v) is 22.5. The smallest absolute Gasteiger partial charge is 0.416 e. The number of likely N-dealkylation sites (tertiary alicyclic amines) is 1. The van der Waals surface area contributed by atoms with Crippen LogP contribution in [0.4, 0.5) is 13.2 Å². The van der Waals surface area contributed by atoms with Gasteiger partial charge in [-0.05, 0) is 44.2 Å². The van der Waals surface area contributed by atoms with Crippen LogP contribution in [-0.2, 0) is 15.8 Å². The van der Waals surface area contributed by atoms with Crippen molar-refractivity contribution in [3.63, 3.8) is 0 Å². The molecule has 1 aromatic heterocycles. The normalized spacial score (nSPS) is 23.0. The Balaban J connectivity index is 1.69. The van der Waals surface area contributed by atoms with Gasteiger partial charge < -0.3 is 14.7 Å². The lowest BCUT2D eigenvalue weighted by Crippen LogP contribution is -2.50. The first kappa shape index (κ1) is 28.9. The first-order valence-electron chi connectivity index (χ1n) is 13.8. The van der Waals surface area contributed by atoms with Gasteiger partial charge in [-0.25, -0.2) is 9.78 Å². The number of carbonyl (C=O) groups excluding carboxylic acids is 1. The fraction of sp³-hybridized carbons (Fsp3) is 0.567. The molecule has 2 fully saturated rings. The molecule has 1 saturated carbocycles. The van der Waals surface area contributed by atoms with E-state index in [0.29, 0.717) is 0 Å². The van der Waals surface area contributed by atoms with Crippen molar-refractivity contribution in [2.45, 2.75) is 89.9 Å². The van der Waals surface area contributed by atoms with Gasteiger partial charge in [0.1, 0.15) is 6.04 Å². The second-order valence-electron chi connectivity index (χ2n) is 11.0. The minimum Gasteiger partial charge on any atom is -0.480 e. The molecule has 3 unspecified atom stereocenters. The molecule has 2 heterocycles. The third kappa shape index (κ3) is 6.39. The molecule has 212 valence electrons. The summed E-state index contributed by atoms with van der Waals surface area (Å²) >= 11 is 0. The van der Waals surface area contributed by atoms with E-state index in [1.54, 1.807) is 4.90 Å². The van der Waals surface area contributed by atoms with Gasteiger partial charge in [0.15, 0.2) is 0 Å². The van der Waals surface area contributed by atoms with E-state index in [4.69, 9.17) is 4.74 Å². The summed E-state index contributed by atoms with van der Waals surface area (Å²) in [5.74, 6) is -1.81. The topological polar surface area (TPSA) is 79.7 Å². The highest BCUT2D eigenvalue weighted by molar-refractivity contribution is 5.89. The van der Waals surface area contributed by atoms with Crippen molar-refractivity contribution >= 4 is 11.9 Å². The number of carbonyl (C=O) groups is 2. The molecular weight excluding hydrogens is 509 g/mol. The van der Waals surface area contributed by atoms with E-state index >= 15 is 0 Å². The van der Waals surface area contributed by atoms with Crippen LogP contribution in [0.2, 0.25) is 0 Å². The number of carboxylic acids is 1. The molecule has 6 nitrogen and oxygen atoms in total. The van der Waals surface area contributed by atoms with Gasteiger partial charge in [-0.15, -0.1) is 0 Å². The highest BCUT2D eigenvalue weighted by Gasteiger charge is 2.53. The number of benzene rings is 1. The molecule has 9 heteroatoms. The van der Waals surface area contributed by atoms with Crippen LogP contribution in [0, 0.1) is 18.3 Å². The summed E-state index contributed by atoms with van der Waals surface area (Å²) in [6, 6.07) is 9.46. The number of aromatic nitrogens is 1. The van der Waals surface area contributed by atoms with Crippen molar-refractivity contribution in [2.75, 3.05) is 6.61 Å². The van der Waals surface area contributed by atoms with Gasteiger partial charge in [-0.2, -0.15) is 13.2 Å². The molecule has 0 radical (unpaired) electrons. The molecule has 1 aromatic carbocycles. The van der Waals surface area contributed by atoms with Gasteiger partial charge in [0.05, 0.1) is 18.2 Å². The zero-order valence-electron chi connectivity index (χ0n) is 22.5. The van der Waals surface area contributed by atoms with Gasteiger partial charge in [0, 0.05) is 23.1 Å². The van der Waals surface area contributed by atoms with Crippen LogP contribution in [0.25, 0.3) is 0 Å². The second kappa shape index (κ2) is 12.0. The molecule has 1 saturated heterocycles. The van der Waals surface area contributed by atoms with E-state index in [9.17, 15) is 27.9 Å². The second-order valence-corrected chi connectivity index (χ2v) is 11.0. The van der Waals surface area contributed by atoms with Gasteiger partial charge in [-0.3, -0.25) is 4.79 Å². The molecule has 1 N–H and O–H groups in total. The molecule has 2 aliphatic rings. The molecule has 4 rings (SSSR count). The Morgan fingerprint density at radius 2 is 1.82 bits per heavy atom. The number of rotatable bonds is 9. The Morgan fingerprint density at radius 1 is 1.13 bits per heavy atom. The number of unbranched alkanes of at least 4 members (excludes halogenated alkanes) is 1. The van der Waals surface area contributed by atoms with Crippen LogP contribution in [-0.4, -0.2) is 39.5 Å². The van der Waals surface area contributed by atoms with E-state index in [1.165, 1.54) is 6.92 Å². The molecule has 0 spiro atoms. The van der Waals surface area contributed by atoms with Crippen LogP contribution in [0.3, 0.4) is 0 Å². The maximum atomic E-state index is 14.4. The van der Waals surface area contributed by atoms with Crippen LogP contribution < -0.4 is 4.74 Å². The van der Waals surface area contributed by atoms with Crippen molar-refractivity contribution in [3.8, 4) is 5.88 Å². The number of ether oxygens (including phenoxy) is 1. The molecule has 1 aliphatic carbocycles. The van der Waals surface area contributed by atoms with Crippen LogP contribution in [0.5, 0.6) is 5.88 Å². The fourth-order valence-electron chi connectivity index (χ4n) is 6.34. The predicted octanol–water partition coefficient (Wildman–Crippen LogP) is 6.97. The molecule has 39 heavy (non-hydrogen) atoms. The van der Waals surface area contributed by atoms with E-state index in [2.05, 4.69) is 11.9 Å². The summed E-state index contributed by atoms with van der Waals surface area (Å²) in [7, 11) is 0. The minimum atomic E-state index is -4.55. The average Bonchev–Trinajstić information content (AvgIpc) is 3.30. The quantitative estimate of drug-likeness (QED) is 0.367. The highest BCUT2D eigenvalue weighted by atomic mass is 19.4. The Morgan fingerprint density at radius 3 is 2.44 bits per heavy atom. The fourth-order valence-corrected chi connectivity index (χ4v) is 6.34. The maximum Gasteiger partial charge on any atom is 0.416 e. The molecule has 0 bridgehead atoms. The molecule has 2 aromatic rings. The van der Waals surface area contributed by atoms with E-state index in [0.717, 1.165) is 69.1 Å². The summed E-state index contributed by atoms with van der Waals surface area (Å²) in [5.41, 5.74) is -0.491. The Labute approximate surface area is 227 Å². The predicted molar refractivity (Wildman–Crippen MR) is 140 cm³/mol. The number of hydrogen-bond acceptors (Lipinski definition) is 4. The molecular formula is C30H37F3N2O4. The van der Waals surface area contributed by atoms with Crippen molar-refractivity contribution < 1.29 is 32.6 Å². The first-order chi connectivity index (χ1) is 18.6. The standard InChI is InChI=1S/C30H37F3N2O4/c1-3-4-13-29(14-9-6-10-15-29)28(38)35-24(27(36)37)17-22(26(35)21-11-7-5-8-12-21)19-39-25-18-23(30(31,32)33)16-20(2)34-25/h5,7-8,11-12,16,18,22,24,26H,3-4,6,9-10,13-15,17,19H2,1-2H3,(H,36,37). The van der Waals surface area contributed by atoms with Gasteiger partial charge >= 0.3 is 12.1 Å². The molecule has 1 aliphatic heterocycles. The van der Waals surface area contributed by atoms with Gasteiger partial charge in [-0.1, -0.05) is 69.4 Å². The summed E-state index contributed by atoms with van der Waals surface area (Å²) in [5, 5.41) is 10.2. The number of amides is 1. The van der Waals surface area contributed by atoms with Gasteiger partial charge in [0.2, 0.25) is 11.8 Å². The lowest BCUT2D eigenvalue weighted by atomic mass is 9.69. The molecule has 3 atom stereocenters. The van der Waals surface area contributed by atoms with Crippen LogP contribution >= 0.6 is 0 Å².